The van der Waals surface area contributed by atoms with Crippen LogP contribution >= 0.6 is 0 Å². The van der Waals surface area contributed by atoms with Crippen LogP contribution in [-0.2, 0) is 52.1 Å². The summed E-state index contributed by atoms with van der Waals surface area (Å²) in [4.78, 5) is 25.8. The second kappa shape index (κ2) is 31.3. The minimum atomic E-state index is -0.279. The molecule has 3 rings (SSSR count). The van der Waals surface area contributed by atoms with E-state index < -0.39 is 0 Å². The zero-order valence-electron chi connectivity index (χ0n) is 30.8. The average Bonchev–Trinajstić information content (AvgIpc) is 3.43. The predicted molar refractivity (Wildman–Crippen MR) is 193 cm³/mol. The van der Waals surface area contributed by atoms with Crippen molar-refractivity contribution >= 4 is 11.8 Å². The predicted octanol–water partition coefficient (Wildman–Crippen LogP) is 2.54. The van der Waals surface area contributed by atoms with Gasteiger partial charge in [-0.1, -0.05) is 30.3 Å². The maximum Gasteiger partial charge on any atom is 0.261 e. The van der Waals surface area contributed by atoms with Gasteiger partial charge in [-0.25, -0.2) is 0 Å². The number of hydrogen-bond acceptors (Lipinski definition) is 14. The quantitative estimate of drug-likeness (QED) is 0.0736. The molecule has 0 aromatic heterocycles. The van der Waals surface area contributed by atoms with Crippen molar-refractivity contribution in [1.29, 1.82) is 0 Å². The fraction of sp³-hybridized carbons (Fsp3) is 0.632. The molecule has 2 amide bonds. The summed E-state index contributed by atoms with van der Waals surface area (Å²) in [5, 5.41) is 0. The topological polar surface area (TPSA) is 148 Å². The minimum Gasteiger partial charge on any atom is -0.491 e. The molecule has 1 aliphatic heterocycles. The summed E-state index contributed by atoms with van der Waals surface area (Å²) in [7, 11) is 0. The largest absolute Gasteiger partial charge is 0.491 e. The van der Waals surface area contributed by atoms with Crippen LogP contribution in [0.5, 0.6) is 5.75 Å². The molecule has 0 radical (unpaired) electrons. The van der Waals surface area contributed by atoms with Gasteiger partial charge >= 0.3 is 0 Å². The Balaban J connectivity index is 0.904. The summed E-state index contributed by atoms with van der Waals surface area (Å²) < 4.78 is 65.9. The second-order valence-electron chi connectivity index (χ2n) is 11.2. The summed E-state index contributed by atoms with van der Waals surface area (Å²) in [5.41, 5.74) is 0.881. The fourth-order valence-electron chi connectivity index (χ4n) is 4.63. The van der Waals surface area contributed by atoms with E-state index in [0.29, 0.717) is 156 Å². The van der Waals surface area contributed by atoms with Crippen molar-refractivity contribution in [3.8, 4) is 5.75 Å². The third-order valence-corrected chi connectivity index (χ3v) is 7.30. The molecule has 15 heteroatoms. The van der Waals surface area contributed by atoms with Gasteiger partial charge in [0.25, 0.3) is 11.8 Å². The van der Waals surface area contributed by atoms with E-state index >= 15 is 0 Å². The molecule has 298 valence electrons. The van der Waals surface area contributed by atoms with Gasteiger partial charge in [0, 0.05) is 0 Å². The normalized spacial score (nSPS) is 12.6. The standard InChI is InChI=1S/C38H57NO14/c40-37-35-8-4-5-9-36(35)38(41)39(37)10-11-42-12-13-43-14-15-44-16-17-45-18-19-46-20-21-47-22-23-48-24-25-49-26-27-50-28-29-51-30-31-52-32-33-53-34-6-2-1-3-7-34/h1-9H,10-33H2. The smallest absolute Gasteiger partial charge is 0.261 e. The summed E-state index contributed by atoms with van der Waals surface area (Å²) in [6, 6.07) is 16.5. The first kappa shape index (κ1) is 44.3. The Morgan fingerprint density at radius 3 is 0.906 bits per heavy atom. The lowest BCUT2D eigenvalue weighted by atomic mass is 10.1. The Kier molecular flexibility index (Phi) is 26.2. The Hall–Kier alpha value is -3.06. The summed E-state index contributed by atoms with van der Waals surface area (Å²) in [6.45, 7) is 11.0. The van der Waals surface area contributed by atoms with E-state index in [-0.39, 0.29) is 25.0 Å². The number of hydrogen-bond donors (Lipinski definition) is 0. The molecule has 0 fully saturated rings. The lowest BCUT2D eigenvalue weighted by Gasteiger charge is -2.13. The van der Waals surface area contributed by atoms with Gasteiger partial charge in [0.1, 0.15) is 12.4 Å². The van der Waals surface area contributed by atoms with Gasteiger partial charge in [-0.15, -0.1) is 0 Å². The molecule has 0 spiro atoms. The van der Waals surface area contributed by atoms with Crippen molar-refractivity contribution < 1.29 is 66.4 Å². The molecule has 0 atom stereocenters. The molecule has 0 N–H and O–H groups in total. The first-order valence-electron chi connectivity index (χ1n) is 18.3. The van der Waals surface area contributed by atoms with Crippen LogP contribution in [0.2, 0.25) is 0 Å². The Labute approximate surface area is 312 Å². The maximum absolute atomic E-state index is 12.3. The highest BCUT2D eigenvalue weighted by Gasteiger charge is 2.34. The minimum absolute atomic E-state index is 0.212. The average molecular weight is 752 g/mol. The number of rotatable bonds is 37. The molecule has 0 bridgehead atoms. The Morgan fingerprint density at radius 2 is 0.585 bits per heavy atom. The van der Waals surface area contributed by atoms with E-state index in [1.54, 1.807) is 24.3 Å². The zero-order valence-corrected chi connectivity index (χ0v) is 30.8. The molecular weight excluding hydrogens is 694 g/mol. The van der Waals surface area contributed by atoms with Crippen LogP contribution in [0.4, 0.5) is 0 Å². The molecule has 2 aromatic rings. The summed E-state index contributed by atoms with van der Waals surface area (Å²) in [5.74, 6) is 0.280. The van der Waals surface area contributed by atoms with Crippen LogP contribution in [0.3, 0.4) is 0 Å². The number of imide groups is 1. The Bertz CT molecular complexity index is 1160. The molecule has 0 unspecified atom stereocenters. The highest BCUT2D eigenvalue weighted by molar-refractivity contribution is 6.21. The van der Waals surface area contributed by atoms with Gasteiger partial charge in [0.2, 0.25) is 0 Å². The number of ether oxygens (including phenoxy) is 12. The molecule has 0 saturated carbocycles. The Morgan fingerprint density at radius 1 is 0.321 bits per heavy atom. The third kappa shape index (κ3) is 21.4. The first-order chi connectivity index (χ1) is 26.3. The number of carbonyl (C=O) groups excluding carboxylic acids is 2. The van der Waals surface area contributed by atoms with Crippen LogP contribution in [-0.4, -0.2) is 175 Å². The van der Waals surface area contributed by atoms with Gasteiger partial charge in [0.05, 0.1) is 163 Å². The fourth-order valence-corrected chi connectivity index (χ4v) is 4.63. The van der Waals surface area contributed by atoms with E-state index in [2.05, 4.69) is 0 Å². The van der Waals surface area contributed by atoms with Gasteiger partial charge < -0.3 is 56.8 Å². The van der Waals surface area contributed by atoms with E-state index in [1.165, 1.54) is 4.90 Å². The van der Waals surface area contributed by atoms with Crippen LogP contribution < -0.4 is 4.74 Å². The number of fused-ring (bicyclic) bond motifs is 1. The van der Waals surface area contributed by atoms with E-state index in [0.717, 1.165) is 5.75 Å². The highest BCUT2D eigenvalue weighted by atomic mass is 16.6. The number of amides is 2. The zero-order chi connectivity index (χ0) is 37.3. The molecular formula is C38H57NO14. The highest BCUT2D eigenvalue weighted by Crippen LogP contribution is 2.21. The van der Waals surface area contributed by atoms with Crippen molar-refractivity contribution in [2.75, 3.05) is 159 Å². The van der Waals surface area contributed by atoms with Crippen molar-refractivity contribution in [3.63, 3.8) is 0 Å². The van der Waals surface area contributed by atoms with Crippen molar-refractivity contribution in [3.05, 3.63) is 65.7 Å². The van der Waals surface area contributed by atoms with Crippen LogP contribution in [0.25, 0.3) is 0 Å². The van der Waals surface area contributed by atoms with Gasteiger partial charge in [-0.05, 0) is 24.3 Å². The monoisotopic (exact) mass is 751 g/mol. The third-order valence-electron chi connectivity index (χ3n) is 7.30. The van der Waals surface area contributed by atoms with Crippen molar-refractivity contribution in [1.82, 2.24) is 4.90 Å². The van der Waals surface area contributed by atoms with E-state index in [9.17, 15) is 9.59 Å². The molecule has 15 nitrogen and oxygen atoms in total. The number of nitrogens with zero attached hydrogens (tertiary/aromatic N) is 1. The number of carbonyl (C=O) groups is 2. The molecule has 53 heavy (non-hydrogen) atoms. The second-order valence-corrected chi connectivity index (χ2v) is 11.2. The molecule has 0 aliphatic carbocycles. The van der Waals surface area contributed by atoms with Crippen LogP contribution in [0, 0.1) is 0 Å². The molecule has 1 aliphatic rings. The van der Waals surface area contributed by atoms with Gasteiger partial charge in [-0.2, -0.15) is 0 Å². The molecule has 1 heterocycles. The number of benzene rings is 2. The van der Waals surface area contributed by atoms with Gasteiger partial charge in [0.15, 0.2) is 0 Å². The lowest BCUT2D eigenvalue weighted by molar-refractivity contribution is -0.0278. The molecule has 0 saturated heterocycles. The maximum atomic E-state index is 12.3. The van der Waals surface area contributed by atoms with E-state index in [4.69, 9.17) is 56.8 Å². The SMILES string of the molecule is O=C1c2ccccc2C(=O)N1CCOCCOCCOCCOCCOCCOCCOCCOCCOCCOCCOCCOc1ccccc1. The lowest BCUT2D eigenvalue weighted by Crippen LogP contribution is -2.33. The van der Waals surface area contributed by atoms with Gasteiger partial charge in [-0.3, -0.25) is 14.5 Å². The molecule has 2 aromatic carbocycles. The van der Waals surface area contributed by atoms with Crippen molar-refractivity contribution in [2.45, 2.75) is 0 Å². The first-order valence-corrected chi connectivity index (χ1v) is 18.3. The van der Waals surface area contributed by atoms with Crippen molar-refractivity contribution in [2.24, 2.45) is 0 Å². The summed E-state index contributed by atoms with van der Waals surface area (Å²) in [6.07, 6.45) is 0. The number of para-hydroxylation sites is 1. The summed E-state index contributed by atoms with van der Waals surface area (Å²) >= 11 is 0. The van der Waals surface area contributed by atoms with Crippen LogP contribution in [0.1, 0.15) is 20.7 Å². The van der Waals surface area contributed by atoms with E-state index in [1.807, 2.05) is 30.3 Å². The van der Waals surface area contributed by atoms with Crippen LogP contribution in [0.15, 0.2) is 54.6 Å².